The zero-order chi connectivity index (χ0) is 25.3. The Kier molecular flexibility index (Phi) is 6.10. The topological polar surface area (TPSA) is 96.4 Å². The number of rotatable bonds is 5. The van der Waals surface area contributed by atoms with Crippen molar-refractivity contribution in [2.75, 3.05) is 36.4 Å². The second kappa shape index (κ2) is 9.25. The van der Waals surface area contributed by atoms with Crippen molar-refractivity contribution in [1.82, 2.24) is 24.8 Å². The van der Waals surface area contributed by atoms with Crippen LogP contribution < -0.4 is 15.0 Å². The molecule has 36 heavy (non-hydrogen) atoms. The minimum Gasteiger partial charge on any atom is -0.406 e. The molecule has 0 aliphatic carbocycles. The minimum absolute atomic E-state index is 0.0295. The highest BCUT2D eigenvalue weighted by molar-refractivity contribution is 5.74. The number of likely N-dealkylation sites (tertiary alicyclic amines) is 1. The molecule has 2 aliphatic rings. The smallest absolute Gasteiger partial charge is 0.406 e. The van der Waals surface area contributed by atoms with Crippen LogP contribution in [0.1, 0.15) is 19.8 Å². The first-order valence-electron chi connectivity index (χ1n) is 11.5. The van der Waals surface area contributed by atoms with E-state index in [2.05, 4.69) is 29.9 Å². The predicted octanol–water partition coefficient (Wildman–Crippen LogP) is 4.02. The number of pyridine rings is 2. The number of amides is 1. The maximum absolute atomic E-state index is 12.6. The zero-order valence-corrected chi connectivity index (χ0v) is 19.5. The van der Waals surface area contributed by atoms with E-state index in [9.17, 15) is 18.0 Å². The Hall–Kier alpha value is -3.96. The van der Waals surface area contributed by atoms with Crippen LogP contribution in [-0.2, 0) is 4.79 Å². The van der Waals surface area contributed by atoms with Gasteiger partial charge in [0.1, 0.15) is 23.2 Å². The highest BCUT2D eigenvalue weighted by Crippen LogP contribution is 2.40. The SMILES string of the molecule is CC(=O)N1CC2(CCCN(c3cc(Nc4cc(OC(F)(F)F)ccn4)nc(-c4cccnc4)n3)C2)C1. The van der Waals surface area contributed by atoms with Gasteiger partial charge in [-0.25, -0.2) is 15.0 Å². The van der Waals surface area contributed by atoms with Gasteiger partial charge in [0.15, 0.2) is 5.82 Å². The largest absolute Gasteiger partial charge is 0.573 e. The highest BCUT2D eigenvalue weighted by atomic mass is 19.4. The van der Waals surface area contributed by atoms with Gasteiger partial charge in [-0.3, -0.25) is 9.78 Å². The number of nitrogens with zero attached hydrogens (tertiary/aromatic N) is 6. The normalized spacial score (nSPS) is 17.0. The standard InChI is InChI=1S/C24H24F3N7O2/c1-16(35)34-14-23(15-34)6-3-9-33(13-23)21-11-20(31-22(32-21)17-4-2-7-28-12-17)30-19-10-18(5-8-29-19)36-24(25,26)27/h2,4-5,7-8,10-12H,3,6,9,13-15H2,1H3,(H,29,30,31,32). The molecule has 3 aromatic heterocycles. The number of anilines is 3. The van der Waals surface area contributed by atoms with E-state index >= 15 is 0 Å². The van der Waals surface area contributed by atoms with Crippen LogP contribution >= 0.6 is 0 Å². The number of nitrogens with one attached hydrogen (secondary N) is 1. The molecule has 0 bridgehead atoms. The maximum atomic E-state index is 12.6. The van der Waals surface area contributed by atoms with Crippen molar-refractivity contribution < 1.29 is 22.7 Å². The van der Waals surface area contributed by atoms with Crippen molar-refractivity contribution in [1.29, 1.82) is 0 Å². The summed E-state index contributed by atoms with van der Waals surface area (Å²) in [6.07, 6.45) is 1.70. The number of alkyl halides is 3. The van der Waals surface area contributed by atoms with Crippen LogP contribution in [0.2, 0.25) is 0 Å². The van der Waals surface area contributed by atoms with Gasteiger partial charge in [0.25, 0.3) is 0 Å². The molecule has 2 aliphatic heterocycles. The van der Waals surface area contributed by atoms with E-state index in [1.165, 1.54) is 6.20 Å². The predicted molar refractivity (Wildman–Crippen MR) is 126 cm³/mol. The van der Waals surface area contributed by atoms with Gasteiger partial charge in [0.05, 0.1) is 0 Å². The van der Waals surface area contributed by atoms with Crippen molar-refractivity contribution in [3.63, 3.8) is 0 Å². The number of hydrogen-bond acceptors (Lipinski definition) is 8. The fourth-order valence-electron chi connectivity index (χ4n) is 4.74. The Morgan fingerprint density at radius 1 is 1.11 bits per heavy atom. The van der Waals surface area contributed by atoms with Crippen molar-refractivity contribution in [3.8, 4) is 17.1 Å². The van der Waals surface area contributed by atoms with Crippen LogP contribution in [0.15, 0.2) is 48.9 Å². The summed E-state index contributed by atoms with van der Waals surface area (Å²) < 4.78 is 41.9. The molecule has 0 saturated carbocycles. The van der Waals surface area contributed by atoms with Crippen LogP contribution in [0.5, 0.6) is 5.75 Å². The summed E-state index contributed by atoms with van der Waals surface area (Å²) in [4.78, 5) is 33.3. The third kappa shape index (κ3) is 5.31. The maximum Gasteiger partial charge on any atom is 0.573 e. The molecular formula is C24H24F3N7O2. The number of ether oxygens (including phenoxy) is 1. The second-order valence-corrected chi connectivity index (χ2v) is 9.13. The summed E-state index contributed by atoms with van der Waals surface area (Å²) in [5.74, 6) is 1.30. The van der Waals surface area contributed by atoms with Gasteiger partial charge >= 0.3 is 6.36 Å². The van der Waals surface area contributed by atoms with Gasteiger partial charge < -0.3 is 19.9 Å². The number of carbonyl (C=O) groups excluding carboxylic acids is 1. The molecule has 1 spiro atoms. The first-order valence-corrected chi connectivity index (χ1v) is 11.5. The average Bonchev–Trinajstić information content (AvgIpc) is 2.82. The molecule has 5 heterocycles. The summed E-state index contributed by atoms with van der Waals surface area (Å²) in [6.45, 7) is 4.56. The molecule has 5 rings (SSSR count). The number of hydrogen-bond donors (Lipinski definition) is 1. The molecular weight excluding hydrogens is 475 g/mol. The average molecular weight is 499 g/mol. The van der Waals surface area contributed by atoms with E-state index in [4.69, 9.17) is 4.98 Å². The molecule has 0 radical (unpaired) electrons. The summed E-state index contributed by atoms with van der Waals surface area (Å²) in [5.41, 5.74) is 0.726. The molecule has 0 unspecified atom stereocenters. The third-order valence-electron chi connectivity index (χ3n) is 6.34. The molecule has 1 N–H and O–H groups in total. The van der Waals surface area contributed by atoms with E-state index in [-0.39, 0.29) is 22.9 Å². The summed E-state index contributed by atoms with van der Waals surface area (Å²) in [5, 5.41) is 2.98. The van der Waals surface area contributed by atoms with Gasteiger partial charge in [0, 0.05) is 74.8 Å². The lowest BCUT2D eigenvalue weighted by molar-refractivity contribution is -0.274. The van der Waals surface area contributed by atoms with E-state index in [0.29, 0.717) is 23.0 Å². The first-order chi connectivity index (χ1) is 17.2. The molecule has 3 aromatic rings. The van der Waals surface area contributed by atoms with Crippen molar-refractivity contribution >= 4 is 23.4 Å². The lowest BCUT2D eigenvalue weighted by Gasteiger charge is -2.54. The molecule has 9 nitrogen and oxygen atoms in total. The van der Waals surface area contributed by atoms with Crippen LogP contribution in [0.3, 0.4) is 0 Å². The van der Waals surface area contributed by atoms with Crippen LogP contribution in [-0.4, -0.2) is 63.3 Å². The lowest BCUT2D eigenvalue weighted by Crippen LogP contribution is -2.64. The van der Waals surface area contributed by atoms with Crippen molar-refractivity contribution in [2.45, 2.75) is 26.1 Å². The Morgan fingerprint density at radius 3 is 2.67 bits per heavy atom. The van der Waals surface area contributed by atoms with E-state index in [1.807, 2.05) is 11.0 Å². The van der Waals surface area contributed by atoms with Gasteiger partial charge in [-0.2, -0.15) is 0 Å². The van der Waals surface area contributed by atoms with E-state index in [1.54, 1.807) is 31.5 Å². The van der Waals surface area contributed by atoms with Gasteiger partial charge in [0.2, 0.25) is 5.91 Å². The van der Waals surface area contributed by atoms with Gasteiger partial charge in [-0.05, 0) is 31.0 Å². The van der Waals surface area contributed by atoms with Crippen LogP contribution in [0.4, 0.5) is 30.6 Å². The minimum atomic E-state index is -4.81. The number of carbonyl (C=O) groups is 1. The molecule has 188 valence electrons. The Bertz CT molecular complexity index is 1250. The Balaban J connectivity index is 1.44. The second-order valence-electron chi connectivity index (χ2n) is 9.13. The molecule has 12 heteroatoms. The van der Waals surface area contributed by atoms with Crippen LogP contribution in [0.25, 0.3) is 11.4 Å². The summed E-state index contributed by atoms with van der Waals surface area (Å²) >= 11 is 0. The van der Waals surface area contributed by atoms with Gasteiger partial charge in [-0.15, -0.1) is 13.2 Å². The fourth-order valence-corrected chi connectivity index (χ4v) is 4.74. The summed E-state index contributed by atoms with van der Waals surface area (Å²) in [6, 6.07) is 7.64. The summed E-state index contributed by atoms with van der Waals surface area (Å²) in [7, 11) is 0. The van der Waals surface area contributed by atoms with Gasteiger partial charge in [-0.1, -0.05) is 0 Å². The number of halogens is 3. The number of aromatic nitrogens is 4. The lowest BCUT2D eigenvalue weighted by atomic mass is 9.73. The molecule has 1 amide bonds. The van der Waals surface area contributed by atoms with Crippen molar-refractivity contribution in [3.05, 3.63) is 48.9 Å². The number of piperidine rings is 1. The quantitative estimate of drug-likeness (QED) is 0.562. The monoisotopic (exact) mass is 499 g/mol. The molecule has 2 saturated heterocycles. The van der Waals surface area contributed by atoms with Crippen molar-refractivity contribution in [2.24, 2.45) is 5.41 Å². The Morgan fingerprint density at radius 2 is 1.94 bits per heavy atom. The Labute approximate surface area is 205 Å². The molecule has 0 aromatic carbocycles. The van der Waals surface area contributed by atoms with Crippen LogP contribution in [0, 0.1) is 5.41 Å². The van der Waals surface area contributed by atoms with E-state index in [0.717, 1.165) is 51.2 Å². The zero-order valence-electron chi connectivity index (χ0n) is 19.5. The molecule has 2 fully saturated rings. The molecule has 0 atom stereocenters. The first kappa shape index (κ1) is 23.8. The third-order valence-corrected chi connectivity index (χ3v) is 6.34. The van der Waals surface area contributed by atoms with E-state index < -0.39 is 6.36 Å². The highest BCUT2D eigenvalue weighted by Gasteiger charge is 2.46. The fraction of sp³-hybridized carbons (Fsp3) is 0.375.